The van der Waals surface area contributed by atoms with Crippen molar-refractivity contribution in [2.24, 2.45) is 5.73 Å². The highest BCUT2D eigenvalue weighted by atomic mass is 32.2. The fourth-order valence-corrected chi connectivity index (χ4v) is 4.30. The number of hydrogen-bond donors (Lipinski definition) is 4. The summed E-state index contributed by atoms with van der Waals surface area (Å²) in [7, 11) is -3.87. The van der Waals surface area contributed by atoms with Gasteiger partial charge >= 0.3 is 0 Å². The van der Waals surface area contributed by atoms with Gasteiger partial charge < -0.3 is 21.3 Å². The minimum atomic E-state index is -3.87. The highest BCUT2D eigenvalue weighted by Crippen LogP contribution is 2.26. The van der Waals surface area contributed by atoms with Crippen LogP contribution in [0.2, 0.25) is 0 Å². The van der Waals surface area contributed by atoms with Crippen LogP contribution >= 0.6 is 0 Å². The van der Waals surface area contributed by atoms with Crippen LogP contribution in [0.4, 0.5) is 0 Å². The summed E-state index contributed by atoms with van der Waals surface area (Å²) in [5.41, 5.74) is 6.58. The van der Waals surface area contributed by atoms with Gasteiger partial charge in [-0.3, -0.25) is 9.78 Å². The Labute approximate surface area is 180 Å². The molecule has 1 atom stereocenters. The third-order valence-corrected chi connectivity index (χ3v) is 6.54. The number of sulfone groups is 1. The molecule has 162 valence electrons. The molecule has 3 aromatic rings. The van der Waals surface area contributed by atoms with E-state index in [0.29, 0.717) is 19.5 Å². The first-order valence-electron chi connectivity index (χ1n) is 9.54. The number of aliphatic hydroxyl groups excluding tert-OH is 1. The first-order chi connectivity index (χ1) is 14.8. The van der Waals surface area contributed by atoms with Crippen molar-refractivity contribution in [1.82, 2.24) is 10.3 Å². The Morgan fingerprint density at radius 1 is 1.10 bits per heavy atom. The van der Waals surface area contributed by atoms with Crippen LogP contribution < -0.4 is 11.1 Å². The van der Waals surface area contributed by atoms with Gasteiger partial charge in [0, 0.05) is 24.5 Å². The number of aromatic hydroxyl groups is 1. The Kier molecular flexibility index (Phi) is 7.01. The van der Waals surface area contributed by atoms with Crippen molar-refractivity contribution in [1.29, 1.82) is 0 Å². The molecular weight excluding hydrogens is 418 g/mol. The van der Waals surface area contributed by atoms with E-state index >= 15 is 0 Å². The van der Waals surface area contributed by atoms with E-state index in [4.69, 9.17) is 5.73 Å². The molecule has 1 heterocycles. The predicted octanol–water partition coefficient (Wildman–Crippen LogP) is 1.58. The molecule has 0 aliphatic rings. The number of carbonyl (C=O) groups is 1. The number of primary amides is 1. The van der Waals surface area contributed by atoms with E-state index < -0.39 is 21.8 Å². The average molecular weight is 442 g/mol. The summed E-state index contributed by atoms with van der Waals surface area (Å²) in [6.07, 6.45) is 3.25. The lowest BCUT2D eigenvalue weighted by atomic mass is 10.1. The quantitative estimate of drug-likeness (QED) is 0.369. The molecule has 9 heteroatoms. The van der Waals surface area contributed by atoms with Crippen molar-refractivity contribution >= 4 is 15.7 Å². The number of amides is 1. The van der Waals surface area contributed by atoms with Crippen LogP contribution in [0.15, 0.2) is 76.8 Å². The second-order valence-corrected chi connectivity index (χ2v) is 8.90. The van der Waals surface area contributed by atoms with E-state index in [0.717, 1.165) is 23.3 Å². The molecule has 0 bridgehead atoms. The molecule has 8 nitrogen and oxygen atoms in total. The largest absolute Gasteiger partial charge is 0.507 e. The number of phenols is 1. The second-order valence-electron chi connectivity index (χ2n) is 6.95. The van der Waals surface area contributed by atoms with E-state index in [1.165, 1.54) is 18.2 Å². The molecule has 0 aliphatic heterocycles. The molecule has 0 saturated carbocycles. The van der Waals surface area contributed by atoms with Crippen LogP contribution in [0, 0.1) is 0 Å². The standard InChI is InChI=1S/C22H23N3O5S/c23-22(28)19-12-18(7-8-20(19)26)31(29,30)17-5-3-15(4-6-17)9-11-25-14-21(27)16-2-1-10-24-13-16/h1-8,10,12-13,21,25-27H,9,11,14H2,(H2,23,28)/t21-/m1/s1. The molecule has 1 amide bonds. The molecule has 0 spiro atoms. The van der Waals surface area contributed by atoms with Crippen molar-refractivity contribution < 1.29 is 23.4 Å². The van der Waals surface area contributed by atoms with E-state index in [1.807, 2.05) is 0 Å². The number of aromatic nitrogens is 1. The molecule has 0 saturated heterocycles. The van der Waals surface area contributed by atoms with Crippen LogP contribution in [-0.4, -0.2) is 42.6 Å². The van der Waals surface area contributed by atoms with Gasteiger partial charge in [0.1, 0.15) is 5.75 Å². The Morgan fingerprint density at radius 2 is 1.81 bits per heavy atom. The van der Waals surface area contributed by atoms with Crippen molar-refractivity contribution in [3.05, 3.63) is 83.7 Å². The molecule has 2 aromatic carbocycles. The normalized spacial score (nSPS) is 12.4. The van der Waals surface area contributed by atoms with Crippen LogP contribution in [0.3, 0.4) is 0 Å². The lowest BCUT2D eigenvalue weighted by Gasteiger charge is -2.12. The summed E-state index contributed by atoms with van der Waals surface area (Å²) < 4.78 is 25.6. The van der Waals surface area contributed by atoms with Crippen LogP contribution in [0.5, 0.6) is 5.75 Å². The number of pyridine rings is 1. The maximum absolute atomic E-state index is 12.8. The number of nitrogens with one attached hydrogen (secondary N) is 1. The smallest absolute Gasteiger partial charge is 0.252 e. The van der Waals surface area contributed by atoms with Crippen LogP contribution in [-0.2, 0) is 16.3 Å². The molecule has 0 radical (unpaired) electrons. The Morgan fingerprint density at radius 3 is 2.45 bits per heavy atom. The van der Waals surface area contributed by atoms with Gasteiger partial charge in [0.15, 0.2) is 0 Å². The number of carbonyl (C=O) groups excluding carboxylic acids is 1. The van der Waals surface area contributed by atoms with Crippen molar-refractivity contribution in [2.45, 2.75) is 22.3 Å². The Hall–Kier alpha value is -3.27. The molecule has 1 aromatic heterocycles. The van der Waals surface area contributed by atoms with Gasteiger partial charge in [-0.25, -0.2) is 8.42 Å². The molecular formula is C22H23N3O5S. The van der Waals surface area contributed by atoms with E-state index in [1.54, 1.807) is 36.7 Å². The van der Waals surface area contributed by atoms with E-state index in [2.05, 4.69) is 10.3 Å². The summed E-state index contributed by atoms with van der Waals surface area (Å²) in [5.74, 6) is -1.28. The van der Waals surface area contributed by atoms with Crippen LogP contribution in [0.1, 0.15) is 27.6 Å². The SMILES string of the molecule is NC(=O)c1cc(S(=O)(=O)c2ccc(CCNC[C@@H](O)c3cccnc3)cc2)ccc1O. The van der Waals surface area contributed by atoms with E-state index in [9.17, 15) is 23.4 Å². The maximum atomic E-state index is 12.8. The fraction of sp³-hybridized carbons (Fsp3) is 0.182. The third-order valence-electron chi connectivity index (χ3n) is 4.77. The molecule has 3 rings (SSSR count). The van der Waals surface area contributed by atoms with Gasteiger partial charge in [-0.15, -0.1) is 0 Å². The highest BCUT2D eigenvalue weighted by Gasteiger charge is 2.20. The maximum Gasteiger partial charge on any atom is 0.252 e. The number of nitrogens with zero attached hydrogens (tertiary/aromatic N) is 1. The van der Waals surface area contributed by atoms with Gasteiger partial charge in [0.05, 0.1) is 21.5 Å². The summed E-state index contributed by atoms with van der Waals surface area (Å²) in [6, 6.07) is 13.4. The Bertz CT molecular complexity index is 1150. The topological polar surface area (TPSA) is 143 Å². The van der Waals surface area contributed by atoms with Gasteiger partial charge in [0.2, 0.25) is 9.84 Å². The summed E-state index contributed by atoms with van der Waals surface area (Å²) in [6.45, 7) is 0.977. The number of aliphatic hydroxyl groups is 1. The van der Waals surface area contributed by atoms with Crippen molar-refractivity contribution in [3.63, 3.8) is 0 Å². The number of rotatable bonds is 9. The minimum absolute atomic E-state index is 0.0670. The lowest BCUT2D eigenvalue weighted by molar-refractivity contribution is 0.0997. The second kappa shape index (κ2) is 9.69. The first-order valence-corrected chi connectivity index (χ1v) is 11.0. The fourth-order valence-electron chi connectivity index (χ4n) is 3.01. The lowest BCUT2D eigenvalue weighted by Crippen LogP contribution is -2.23. The Balaban J connectivity index is 1.61. The molecule has 0 fully saturated rings. The molecule has 31 heavy (non-hydrogen) atoms. The number of nitrogens with two attached hydrogens (primary N) is 1. The first kappa shape index (κ1) is 22.4. The van der Waals surface area contributed by atoms with Crippen LogP contribution in [0.25, 0.3) is 0 Å². The number of benzene rings is 2. The minimum Gasteiger partial charge on any atom is -0.507 e. The summed E-state index contributed by atoms with van der Waals surface area (Å²) in [5, 5.41) is 22.9. The molecule has 0 aliphatic carbocycles. The zero-order valence-electron chi connectivity index (χ0n) is 16.6. The monoisotopic (exact) mass is 441 g/mol. The highest BCUT2D eigenvalue weighted by molar-refractivity contribution is 7.91. The molecule has 0 unspecified atom stereocenters. The molecule has 5 N–H and O–H groups in total. The zero-order valence-corrected chi connectivity index (χ0v) is 17.4. The van der Waals surface area contributed by atoms with E-state index in [-0.39, 0.29) is 21.1 Å². The van der Waals surface area contributed by atoms with Crippen molar-refractivity contribution in [2.75, 3.05) is 13.1 Å². The summed E-state index contributed by atoms with van der Waals surface area (Å²) >= 11 is 0. The zero-order chi connectivity index (χ0) is 22.4. The third kappa shape index (κ3) is 5.46. The predicted molar refractivity (Wildman–Crippen MR) is 114 cm³/mol. The average Bonchev–Trinajstić information content (AvgIpc) is 2.77. The van der Waals surface area contributed by atoms with Gasteiger partial charge in [-0.2, -0.15) is 0 Å². The van der Waals surface area contributed by atoms with Gasteiger partial charge in [0.25, 0.3) is 5.91 Å². The van der Waals surface area contributed by atoms with Crippen molar-refractivity contribution in [3.8, 4) is 5.75 Å². The number of hydrogen-bond acceptors (Lipinski definition) is 7. The van der Waals surface area contributed by atoms with Gasteiger partial charge in [-0.05, 0) is 54.9 Å². The summed E-state index contributed by atoms with van der Waals surface area (Å²) in [4.78, 5) is 15.3. The van der Waals surface area contributed by atoms with Gasteiger partial charge in [-0.1, -0.05) is 18.2 Å².